The van der Waals surface area contributed by atoms with Crippen molar-refractivity contribution in [1.82, 2.24) is 4.72 Å². The van der Waals surface area contributed by atoms with E-state index in [9.17, 15) is 31.2 Å². The van der Waals surface area contributed by atoms with Crippen molar-refractivity contribution in [3.8, 4) is 0 Å². The molecule has 1 aliphatic heterocycles. The first-order valence-corrected chi connectivity index (χ1v) is 10.4. The first-order valence-electron chi connectivity index (χ1n) is 8.88. The van der Waals surface area contributed by atoms with Crippen molar-refractivity contribution in [2.75, 3.05) is 10.6 Å². The number of carbonyl (C=O) groups is 2. The Kier molecular flexibility index (Phi) is 5.77. The summed E-state index contributed by atoms with van der Waals surface area (Å²) in [6.45, 7) is 2.52. The third kappa shape index (κ3) is 4.85. The average Bonchev–Trinajstić information content (AvgIpc) is 2.92. The highest BCUT2D eigenvalue weighted by atomic mass is 32.2. The minimum atomic E-state index is -4.66. The van der Waals surface area contributed by atoms with E-state index in [2.05, 4.69) is 20.3 Å². The topological polar surface area (TPSA) is 117 Å². The molecule has 3 rings (SSSR count). The summed E-state index contributed by atoms with van der Waals surface area (Å²) in [4.78, 5) is 28.0. The number of nitrogens with zero attached hydrogens (tertiary/aromatic N) is 1. The number of halogens is 3. The fourth-order valence-corrected chi connectivity index (χ4v) is 4.08. The molecule has 164 valence electrons. The molecule has 2 aromatic rings. The van der Waals surface area contributed by atoms with Gasteiger partial charge in [0.2, 0.25) is 11.8 Å². The van der Waals surface area contributed by atoms with Crippen molar-refractivity contribution >= 4 is 39.0 Å². The summed E-state index contributed by atoms with van der Waals surface area (Å²) in [7, 11) is -3.81. The summed E-state index contributed by atoms with van der Waals surface area (Å²) < 4.78 is 65.7. The zero-order valence-electron chi connectivity index (χ0n) is 16.2. The van der Waals surface area contributed by atoms with Crippen LogP contribution in [0.5, 0.6) is 0 Å². The first-order chi connectivity index (χ1) is 14.4. The Morgan fingerprint density at radius 1 is 1.06 bits per heavy atom. The standard InChI is InChI=1S/C19H17F3N4O4S/c1-10(23-17-13-5-3-4-6-16(13)31(29,30)26-17)18(28)25-15-9-12(19(20,21)22)7-8-14(15)24-11(2)27/h3-10H,1-2H3,(H,23,26)(H,24,27)(H,25,28)/t10-/m0/s1. The van der Waals surface area contributed by atoms with Crippen LogP contribution in [0.4, 0.5) is 24.5 Å². The van der Waals surface area contributed by atoms with Crippen LogP contribution >= 0.6 is 0 Å². The van der Waals surface area contributed by atoms with E-state index in [-0.39, 0.29) is 27.7 Å². The van der Waals surface area contributed by atoms with Crippen LogP contribution in [0.15, 0.2) is 52.4 Å². The van der Waals surface area contributed by atoms with Crippen molar-refractivity contribution in [2.45, 2.75) is 31.0 Å². The number of benzene rings is 2. The number of amidine groups is 1. The Balaban J connectivity index is 1.89. The minimum absolute atomic E-state index is 0.00665. The van der Waals surface area contributed by atoms with Crippen LogP contribution in [0.25, 0.3) is 0 Å². The Hall–Kier alpha value is -3.41. The van der Waals surface area contributed by atoms with Crippen molar-refractivity contribution in [2.24, 2.45) is 4.99 Å². The van der Waals surface area contributed by atoms with Gasteiger partial charge in [0.15, 0.2) is 0 Å². The van der Waals surface area contributed by atoms with Gasteiger partial charge in [0, 0.05) is 12.5 Å². The normalized spacial score (nSPS) is 16.9. The number of rotatable bonds is 4. The lowest BCUT2D eigenvalue weighted by Gasteiger charge is -2.16. The van der Waals surface area contributed by atoms with Gasteiger partial charge in [-0.1, -0.05) is 12.1 Å². The molecule has 0 aliphatic carbocycles. The Labute approximate surface area is 175 Å². The molecule has 0 fully saturated rings. The average molecular weight is 454 g/mol. The molecule has 0 unspecified atom stereocenters. The molecule has 2 amide bonds. The van der Waals surface area contributed by atoms with Gasteiger partial charge in [0.1, 0.15) is 11.9 Å². The van der Waals surface area contributed by atoms with Crippen molar-refractivity contribution in [3.63, 3.8) is 0 Å². The lowest BCUT2D eigenvalue weighted by molar-refractivity contribution is -0.137. The third-order valence-electron chi connectivity index (χ3n) is 4.28. The summed E-state index contributed by atoms with van der Waals surface area (Å²) in [6, 6.07) is 7.36. The monoisotopic (exact) mass is 454 g/mol. The van der Waals surface area contributed by atoms with Gasteiger partial charge in [0.05, 0.1) is 21.8 Å². The van der Waals surface area contributed by atoms with E-state index in [1.165, 1.54) is 32.0 Å². The first kappa shape index (κ1) is 22.3. The molecule has 0 radical (unpaired) electrons. The van der Waals surface area contributed by atoms with Crippen LogP contribution in [-0.4, -0.2) is 32.1 Å². The molecule has 2 aromatic carbocycles. The molecule has 3 N–H and O–H groups in total. The Bertz CT molecular complexity index is 1190. The van der Waals surface area contributed by atoms with E-state index in [4.69, 9.17) is 0 Å². The Morgan fingerprint density at radius 3 is 2.39 bits per heavy atom. The van der Waals surface area contributed by atoms with E-state index in [1.54, 1.807) is 6.07 Å². The molecule has 1 atom stereocenters. The number of aliphatic imine (C=N–C) groups is 1. The largest absolute Gasteiger partial charge is 0.416 e. The predicted molar refractivity (Wildman–Crippen MR) is 107 cm³/mol. The molecule has 0 spiro atoms. The highest BCUT2D eigenvalue weighted by molar-refractivity contribution is 7.90. The fourth-order valence-electron chi connectivity index (χ4n) is 2.84. The second-order valence-electron chi connectivity index (χ2n) is 6.68. The zero-order chi connectivity index (χ0) is 23.0. The second-order valence-corrected chi connectivity index (χ2v) is 8.33. The van der Waals surface area contributed by atoms with E-state index < -0.39 is 39.6 Å². The van der Waals surface area contributed by atoms with Crippen molar-refractivity contribution < 1.29 is 31.2 Å². The number of amides is 2. The minimum Gasteiger partial charge on any atom is -0.325 e. The zero-order valence-corrected chi connectivity index (χ0v) is 17.1. The molecule has 1 aliphatic rings. The maximum absolute atomic E-state index is 13.1. The van der Waals surface area contributed by atoms with E-state index >= 15 is 0 Å². The SMILES string of the molecule is CC(=O)Nc1ccc(C(F)(F)F)cc1NC(=O)[C@H](C)N=C1NS(=O)(=O)c2ccccc21. The summed E-state index contributed by atoms with van der Waals surface area (Å²) in [5, 5.41) is 4.65. The van der Waals surface area contributed by atoms with Crippen LogP contribution in [0, 0.1) is 0 Å². The molecule has 0 saturated heterocycles. The van der Waals surface area contributed by atoms with E-state index in [0.29, 0.717) is 6.07 Å². The lowest BCUT2D eigenvalue weighted by Crippen LogP contribution is -2.29. The molecule has 8 nitrogen and oxygen atoms in total. The molecule has 1 heterocycles. The maximum atomic E-state index is 13.1. The van der Waals surface area contributed by atoms with Crippen LogP contribution in [0.3, 0.4) is 0 Å². The summed E-state index contributed by atoms with van der Waals surface area (Å²) >= 11 is 0. The smallest absolute Gasteiger partial charge is 0.325 e. The number of alkyl halides is 3. The van der Waals surface area contributed by atoms with Crippen LogP contribution in [0.2, 0.25) is 0 Å². The van der Waals surface area contributed by atoms with Crippen LogP contribution in [0.1, 0.15) is 25.0 Å². The number of carbonyl (C=O) groups excluding carboxylic acids is 2. The molecule has 0 aromatic heterocycles. The van der Waals surface area contributed by atoms with Crippen LogP contribution < -0.4 is 15.4 Å². The Morgan fingerprint density at radius 2 is 1.74 bits per heavy atom. The van der Waals surface area contributed by atoms with Gasteiger partial charge in [-0.15, -0.1) is 0 Å². The lowest BCUT2D eigenvalue weighted by atomic mass is 10.1. The number of anilines is 2. The fraction of sp³-hybridized carbons (Fsp3) is 0.211. The summed E-state index contributed by atoms with van der Waals surface area (Å²) in [5.41, 5.74) is -1.04. The van der Waals surface area contributed by atoms with E-state index in [1.807, 2.05) is 0 Å². The quantitative estimate of drug-likeness (QED) is 0.659. The number of sulfonamides is 1. The highest BCUT2D eigenvalue weighted by Gasteiger charge is 2.33. The van der Waals surface area contributed by atoms with Crippen LogP contribution in [-0.2, 0) is 25.8 Å². The molecule has 31 heavy (non-hydrogen) atoms. The third-order valence-corrected chi connectivity index (χ3v) is 5.68. The highest BCUT2D eigenvalue weighted by Crippen LogP contribution is 2.34. The van der Waals surface area contributed by atoms with Gasteiger partial charge >= 0.3 is 6.18 Å². The number of fused-ring (bicyclic) bond motifs is 1. The van der Waals surface area contributed by atoms with Crippen molar-refractivity contribution in [1.29, 1.82) is 0 Å². The van der Waals surface area contributed by atoms with E-state index in [0.717, 1.165) is 12.1 Å². The summed E-state index contributed by atoms with van der Waals surface area (Å²) in [5.74, 6) is -1.40. The molecule has 12 heteroatoms. The summed E-state index contributed by atoms with van der Waals surface area (Å²) in [6.07, 6.45) is -4.66. The van der Waals surface area contributed by atoms with Gasteiger partial charge in [-0.05, 0) is 37.3 Å². The number of hydrogen-bond acceptors (Lipinski definition) is 5. The predicted octanol–water partition coefficient (Wildman–Crippen LogP) is 2.73. The van der Waals surface area contributed by atoms with Gasteiger partial charge < -0.3 is 10.6 Å². The molecular weight excluding hydrogens is 437 g/mol. The van der Waals surface area contributed by atoms with Gasteiger partial charge in [0.25, 0.3) is 10.0 Å². The van der Waals surface area contributed by atoms with Gasteiger partial charge in [-0.3, -0.25) is 19.3 Å². The molecule has 0 bridgehead atoms. The number of nitrogens with one attached hydrogen (secondary N) is 3. The number of hydrogen-bond donors (Lipinski definition) is 3. The maximum Gasteiger partial charge on any atom is 0.416 e. The van der Waals surface area contributed by atoms with Gasteiger partial charge in [-0.25, -0.2) is 8.42 Å². The van der Waals surface area contributed by atoms with Gasteiger partial charge in [-0.2, -0.15) is 13.2 Å². The van der Waals surface area contributed by atoms with Crippen molar-refractivity contribution in [3.05, 3.63) is 53.6 Å². The molecular formula is C19H17F3N4O4S. The second kappa shape index (κ2) is 8.02. The molecule has 0 saturated carbocycles.